The van der Waals surface area contributed by atoms with Gasteiger partial charge in [0.2, 0.25) is 0 Å². The third-order valence-electron chi connectivity index (χ3n) is 2.36. The minimum atomic E-state index is 0.613. The van der Waals surface area contributed by atoms with Crippen LogP contribution in [0.3, 0.4) is 0 Å². The van der Waals surface area contributed by atoms with Gasteiger partial charge in [0, 0.05) is 11.8 Å². The maximum absolute atomic E-state index is 5.72. The zero-order chi connectivity index (χ0) is 7.84. The molecule has 0 N–H and O–H groups in total. The second-order valence-corrected chi connectivity index (χ2v) is 3.53. The summed E-state index contributed by atoms with van der Waals surface area (Å²) >= 11 is 5.72. The third kappa shape index (κ3) is 1.18. The fourth-order valence-electron chi connectivity index (χ4n) is 1.50. The lowest BCUT2D eigenvalue weighted by molar-refractivity contribution is 0.503. The summed E-state index contributed by atoms with van der Waals surface area (Å²) < 4.78 is 5.36. The van der Waals surface area contributed by atoms with Crippen LogP contribution in [0.2, 0.25) is 0 Å². The summed E-state index contributed by atoms with van der Waals surface area (Å²) in [5.41, 5.74) is 1.27. The van der Waals surface area contributed by atoms with Gasteiger partial charge in [0.15, 0.2) is 0 Å². The van der Waals surface area contributed by atoms with Gasteiger partial charge in [-0.2, -0.15) is 0 Å². The van der Waals surface area contributed by atoms with Crippen molar-refractivity contribution in [1.82, 2.24) is 0 Å². The van der Waals surface area contributed by atoms with Gasteiger partial charge >= 0.3 is 0 Å². The van der Waals surface area contributed by atoms with Crippen molar-refractivity contribution >= 4 is 11.6 Å². The van der Waals surface area contributed by atoms with E-state index in [1.165, 1.54) is 12.0 Å². The molecule has 0 saturated heterocycles. The molecule has 11 heavy (non-hydrogen) atoms. The van der Waals surface area contributed by atoms with Gasteiger partial charge in [0.1, 0.15) is 5.76 Å². The molecule has 0 radical (unpaired) electrons. The Hall–Kier alpha value is -0.430. The van der Waals surface area contributed by atoms with Crippen LogP contribution in [0.4, 0.5) is 0 Å². The first kappa shape index (κ1) is 7.23. The SMILES string of the molecule is Cc1ccoc1C1CC1CCl. The molecule has 1 aliphatic rings. The molecule has 0 bridgehead atoms. The van der Waals surface area contributed by atoms with Crippen molar-refractivity contribution in [3.05, 3.63) is 23.7 Å². The predicted molar refractivity (Wildman–Crippen MR) is 45.0 cm³/mol. The molecular weight excluding hydrogens is 160 g/mol. The lowest BCUT2D eigenvalue weighted by atomic mass is 10.2. The van der Waals surface area contributed by atoms with Crippen LogP contribution < -0.4 is 0 Å². The van der Waals surface area contributed by atoms with E-state index >= 15 is 0 Å². The smallest absolute Gasteiger partial charge is 0.110 e. The highest BCUT2D eigenvalue weighted by Gasteiger charge is 2.40. The molecule has 2 rings (SSSR count). The zero-order valence-corrected chi connectivity index (χ0v) is 7.27. The first-order valence-electron chi connectivity index (χ1n) is 3.93. The van der Waals surface area contributed by atoms with Gasteiger partial charge in [0.25, 0.3) is 0 Å². The summed E-state index contributed by atoms with van der Waals surface area (Å²) in [6.07, 6.45) is 2.96. The Kier molecular flexibility index (Phi) is 1.68. The monoisotopic (exact) mass is 170 g/mol. The van der Waals surface area contributed by atoms with E-state index < -0.39 is 0 Å². The molecule has 1 aromatic rings. The van der Waals surface area contributed by atoms with Crippen molar-refractivity contribution in [2.45, 2.75) is 19.3 Å². The molecule has 1 nitrogen and oxygen atoms in total. The van der Waals surface area contributed by atoms with Gasteiger partial charge in [-0.15, -0.1) is 11.6 Å². The molecular formula is C9H11ClO. The summed E-state index contributed by atoms with van der Waals surface area (Å²) in [5, 5.41) is 0. The molecule has 1 saturated carbocycles. The maximum atomic E-state index is 5.72. The number of rotatable bonds is 2. The van der Waals surface area contributed by atoms with Crippen LogP contribution in [0.1, 0.15) is 23.7 Å². The summed E-state index contributed by atoms with van der Waals surface area (Å²) in [5.74, 6) is 3.20. The van der Waals surface area contributed by atoms with Crippen molar-refractivity contribution in [3.63, 3.8) is 0 Å². The highest BCUT2D eigenvalue weighted by molar-refractivity contribution is 6.18. The second-order valence-electron chi connectivity index (χ2n) is 3.22. The van der Waals surface area contributed by atoms with E-state index in [2.05, 4.69) is 6.92 Å². The minimum Gasteiger partial charge on any atom is -0.469 e. The largest absolute Gasteiger partial charge is 0.469 e. The Balaban J connectivity index is 2.14. The summed E-state index contributed by atoms with van der Waals surface area (Å²) in [7, 11) is 0. The molecule has 1 aromatic heterocycles. The van der Waals surface area contributed by atoms with E-state index in [0.29, 0.717) is 11.8 Å². The molecule has 0 aliphatic heterocycles. The molecule has 2 atom stereocenters. The number of hydrogen-bond donors (Lipinski definition) is 0. The highest BCUT2D eigenvalue weighted by Crippen LogP contribution is 2.49. The first-order valence-corrected chi connectivity index (χ1v) is 4.46. The van der Waals surface area contributed by atoms with Gasteiger partial charge in [-0.05, 0) is 30.9 Å². The van der Waals surface area contributed by atoms with Crippen molar-refractivity contribution in [3.8, 4) is 0 Å². The summed E-state index contributed by atoms with van der Waals surface area (Å²) in [4.78, 5) is 0. The summed E-state index contributed by atoms with van der Waals surface area (Å²) in [6.45, 7) is 2.09. The van der Waals surface area contributed by atoms with Gasteiger partial charge in [-0.1, -0.05) is 0 Å². The molecule has 1 fully saturated rings. The molecule has 1 heterocycles. The predicted octanol–water partition coefficient (Wildman–Crippen LogP) is 2.93. The number of furan rings is 1. The highest BCUT2D eigenvalue weighted by atomic mass is 35.5. The van der Waals surface area contributed by atoms with E-state index in [-0.39, 0.29) is 0 Å². The standard InChI is InChI=1S/C9H11ClO/c1-6-2-3-11-9(6)8-4-7(8)5-10/h2-3,7-8H,4-5H2,1H3. The van der Waals surface area contributed by atoms with E-state index in [1.54, 1.807) is 6.26 Å². The van der Waals surface area contributed by atoms with E-state index in [1.807, 2.05) is 6.07 Å². The normalized spacial score (nSPS) is 28.9. The number of aryl methyl sites for hydroxylation is 1. The van der Waals surface area contributed by atoms with Crippen LogP contribution in [0.15, 0.2) is 16.7 Å². The van der Waals surface area contributed by atoms with Crippen LogP contribution in [-0.2, 0) is 0 Å². The van der Waals surface area contributed by atoms with Gasteiger partial charge in [-0.25, -0.2) is 0 Å². The van der Waals surface area contributed by atoms with Crippen LogP contribution in [0.5, 0.6) is 0 Å². The molecule has 2 unspecified atom stereocenters. The Bertz CT molecular complexity index is 254. The van der Waals surface area contributed by atoms with Gasteiger partial charge < -0.3 is 4.42 Å². The Morgan fingerprint density at radius 2 is 2.55 bits per heavy atom. The van der Waals surface area contributed by atoms with Crippen molar-refractivity contribution in [1.29, 1.82) is 0 Å². The quantitative estimate of drug-likeness (QED) is 0.622. The van der Waals surface area contributed by atoms with Crippen LogP contribution in [-0.4, -0.2) is 5.88 Å². The Morgan fingerprint density at radius 1 is 1.73 bits per heavy atom. The number of hydrogen-bond acceptors (Lipinski definition) is 1. The van der Waals surface area contributed by atoms with E-state index in [9.17, 15) is 0 Å². The minimum absolute atomic E-state index is 0.613. The van der Waals surface area contributed by atoms with Gasteiger partial charge in [-0.3, -0.25) is 0 Å². The lowest BCUT2D eigenvalue weighted by Gasteiger charge is -1.93. The Labute approximate surface area is 71.3 Å². The fourth-order valence-corrected chi connectivity index (χ4v) is 1.84. The third-order valence-corrected chi connectivity index (χ3v) is 2.76. The second kappa shape index (κ2) is 2.56. The number of alkyl halides is 1. The lowest BCUT2D eigenvalue weighted by Crippen LogP contribution is -1.83. The van der Waals surface area contributed by atoms with Crippen LogP contribution >= 0.6 is 11.6 Å². The molecule has 1 aliphatic carbocycles. The molecule has 0 spiro atoms. The van der Waals surface area contributed by atoms with E-state index in [0.717, 1.165) is 11.6 Å². The topological polar surface area (TPSA) is 13.1 Å². The molecule has 0 amide bonds. The van der Waals surface area contributed by atoms with Crippen LogP contribution in [0.25, 0.3) is 0 Å². The first-order chi connectivity index (χ1) is 5.33. The molecule has 2 heteroatoms. The number of halogens is 1. The van der Waals surface area contributed by atoms with Crippen molar-refractivity contribution < 1.29 is 4.42 Å². The molecule has 0 aromatic carbocycles. The van der Waals surface area contributed by atoms with Crippen molar-refractivity contribution in [2.75, 3.05) is 5.88 Å². The van der Waals surface area contributed by atoms with Gasteiger partial charge in [0.05, 0.1) is 6.26 Å². The van der Waals surface area contributed by atoms with Crippen molar-refractivity contribution in [2.24, 2.45) is 5.92 Å². The summed E-state index contributed by atoms with van der Waals surface area (Å²) in [6, 6.07) is 2.01. The van der Waals surface area contributed by atoms with Crippen LogP contribution in [0, 0.1) is 12.8 Å². The average Bonchev–Trinajstić information content (AvgIpc) is 2.68. The average molecular weight is 171 g/mol. The zero-order valence-electron chi connectivity index (χ0n) is 6.51. The maximum Gasteiger partial charge on any atom is 0.110 e. The molecule has 60 valence electrons. The fraction of sp³-hybridized carbons (Fsp3) is 0.556. The Morgan fingerprint density at radius 3 is 3.00 bits per heavy atom. The van der Waals surface area contributed by atoms with E-state index in [4.69, 9.17) is 16.0 Å².